The summed E-state index contributed by atoms with van der Waals surface area (Å²) in [6.45, 7) is 12.0. The molecule has 1 rings (SSSR count). The van der Waals surface area contributed by atoms with E-state index in [0.717, 1.165) is 35.0 Å². The Labute approximate surface area is 126 Å². The zero-order chi connectivity index (χ0) is 15.3. The predicted molar refractivity (Wildman–Crippen MR) is 85.2 cm³/mol. The topological polar surface area (TPSA) is 42.4 Å². The van der Waals surface area contributed by atoms with E-state index in [-0.39, 0.29) is 5.41 Å². The third-order valence-corrected chi connectivity index (χ3v) is 4.38. The Balaban J connectivity index is 3.14. The molecule has 0 aliphatic carbocycles. The first-order valence-corrected chi connectivity index (χ1v) is 7.88. The van der Waals surface area contributed by atoms with E-state index in [1.807, 2.05) is 0 Å². The maximum Gasteiger partial charge on any atom is 0.186 e. The van der Waals surface area contributed by atoms with Crippen molar-refractivity contribution in [1.29, 1.82) is 0 Å². The van der Waals surface area contributed by atoms with Crippen molar-refractivity contribution in [3.63, 3.8) is 0 Å². The van der Waals surface area contributed by atoms with Crippen LogP contribution in [0, 0.1) is 0 Å². The Morgan fingerprint density at radius 1 is 1.45 bits per heavy atom. The fourth-order valence-corrected chi connectivity index (χ4v) is 3.19. The van der Waals surface area contributed by atoms with Crippen molar-refractivity contribution < 1.29 is 9.53 Å². The Morgan fingerprint density at radius 3 is 2.50 bits per heavy atom. The molecule has 0 aromatic carbocycles. The summed E-state index contributed by atoms with van der Waals surface area (Å²) in [5.41, 5.74) is 0.770. The number of nitrogens with zero attached hydrogens (tertiary/aromatic N) is 2. The molecule has 0 spiro atoms. The lowest BCUT2D eigenvalue weighted by Gasteiger charge is -2.28. The molecule has 0 aliphatic heterocycles. The van der Waals surface area contributed by atoms with Crippen LogP contribution in [-0.2, 0) is 10.2 Å². The molecule has 0 amide bonds. The van der Waals surface area contributed by atoms with E-state index < -0.39 is 0 Å². The van der Waals surface area contributed by atoms with Gasteiger partial charge in [-0.2, -0.15) is 0 Å². The Morgan fingerprint density at radius 2 is 2.10 bits per heavy atom. The van der Waals surface area contributed by atoms with Gasteiger partial charge in [0, 0.05) is 25.1 Å². The Kier molecular flexibility index (Phi) is 6.14. The number of hydrogen-bond donors (Lipinski definition) is 0. The van der Waals surface area contributed by atoms with Crippen LogP contribution in [0.1, 0.15) is 56.4 Å². The highest BCUT2D eigenvalue weighted by atomic mass is 32.1. The molecule has 0 N–H and O–H groups in total. The van der Waals surface area contributed by atoms with E-state index in [9.17, 15) is 4.79 Å². The first-order valence-electron chi connectivity index (χ1n) is 7.07. The van der Waals surface area contributed by atoms with Gasteiger partial charge in [-0.05, 0) is 13.3 Å². The van der Waals surface area contributed by atoms with Crippen molar-refractivity contribution in [3.05, 3.63) is 10.6 Å². The highest BCUT2D eigenvalue weighted by molar-refractivity contribution is 7.17. The van der Waals surface area contributed by atoms with Gasteiger partial charge in [0.05, 0.1) is 17.2 Å². The van der Waals surface area contributed by atoms with E-state index in [4.69, 9.17) is 9.72 Å². The van der Waals surface area contributed by atoms with Gasteiger partial charge in [-0.15, -0.1) is 0 Å². The number of anilines is 1. The number of ether oxygens (including phenoxy) is 1. The molecule has 0 bridgehead atoms. The summed E-state index contributed by atoms with van der Waals surface area (Å²) < 4.78 is 5.18. The van der Waals surface area contributed by atoms with Crippen LogP contribution in [-0.4, -0.2) is 37.6 Å². The molecular formula is C15H26N2O2S. The molecule has 1 atom stereocenters. The van der Waals surface area contributed by atoms with Crippen LogP contribution < -0.4 is 4.90 Å². The molecule has 0 aliphatic rings. The highest BCUT2D eigenvalue weighted by Gasteiger charge is 2.26. The summed E-state index contributed by atoms with van der Waals surface area (Å²) in [4.78, 5) is 19.0. The molecule has 20 heavy (non-hydrogen) atoms. The lowest BCUT2D eigenvalue weighted by molar-refractivity contribution is 0.112. The molecule has 5 heteroatoms. The van der Waals surface area contributed by atoms with E-state index in [1.165, 1.54) is 11.3 Å². The fourth-order valence-electron chi connectivity index (χ4n) is 1.97. The van der Waals surface area contributed by atoms with Crippen molar-refractivity contribution in [3.8, 4) is 0 Å². The van der Waals surface area contributed by atoms with Gasteiger partial charge in [0.15, 0.2) is 11.4 Å². The molecule has 0 radical (unpaired) electrons. The average molecular weight is 298 g/mol. The summed E-state index contributed by atoms with van der Waals surface area (Å²) in [6.07, 6.45) is 1.96. The van der Waals surface area contributed by atoms with E-state index in [1.54, 1.807) is 7.11 Å². The first-order chi connectivity index (χ1) is 9.35. The molecule has 1 aromatic heterocycles. The third kappa shape index (κ3) is 4.03. The molecule has 4 nitrogen and oxygen atoms in total. The van der Waals surface area contributed by atoms with Crippen LogP contribution in [0.4, 0.5) is 5.13 Å². The molecule has 114 valence electrons. The zero-order valence-electron chi connectivity index (χ0n) is 13.4. The van der Waals surface area contributed by atoms with Crippen LogP contribution in [0.3, 0.4) is 0 Å². The quantitative estimate of drug-likeness (QED) is 0.723. The highest BCUT2D eigenvalue weighted by Crippen LogP contribution is 2.33. The van der Waals surface area contributed by atoms with Gasteiger partial charge in [-0.3, -0.25) is 4.79 Å². The minimum Gasteiger partial charge on any atom is -0.383 e. The first kappa shape index (κ1) is 17.1. The fraction of sp³-hybridized carbons (Fsp3) is 0.733. The van der Waals surface area contributed by atoms with E-state index in [2.05, 4.69) is 39.5 Å². The lowest BCUT2D eigenvalue weighted by Crippen LogP contribution is -2.35. The average Bonchev–Trinajstić information content (AvgIpc) is 2.82. The molecule has 1 unspecified atom stereocenters. The van der Waals surface area contributed by atoms with Gasteiger partial charge in [0.25, 0.3) is 0 Å². The van der Waals surface area contributed by atoms with Gasteiger partial charge < -0.3 is 9.64 Å². The molecule has 0 saturated heterocycles. The maximum absolute atomic E-state index is 11.3. The second-order valence-corrected chi connectivity index (χ2v) is 7.03. The summed E-state index contributed by atoms with van der Waals surface area (Å²) in [5, 5.41) is 0.920. The second-order valence-electron chi connectivity index (χ2n) is 6.02. The largest absolute Gasteiger partial charge is 0.383 e. The smallest absolute Gasteiger partial charge is 0.186 e. The Bertz CT molecular complexity index is 438. The number of hydrogen-bond acceptors (Lipinski definition) is 5. The van der Waals surface area contributed by atoms with Crippen LogP contribution >= 0.6 is 11.3 Å². The van der Waals surface area contributed by atoms with Gasteiger partial charge in [0.1, 0.15) is 0 Å². The maximum atomic E-state index is 11.3. The molecule has 0 saturated carbocycles. The molecule has 0 fully saturated rings. The molecule has 1 aromatic rings. The van der Waals surface area contributed by atoms with Crippen LogP contribution in [0.15, 0.2) is 0 Å². The SMILES string of the molecule is CCC(C)N(CCOC)c1nc(C(C)(C)C)c(C=O)s1. The van der Waals surface area contributed by atoms with E-state index >= 15 is 0 Å². The molecule has 1 heterocycles. The zero-order valence-corrected chi connectivity index (χ0v) is 14.2. The van der Waals surface area contributed by atoms with Crippen molar-refractivity contribution in [2.24, 2.45) is 0 Å². The number of rotatable bonds is 7. The second kappa shape index (κ2) is 7.18. The third-order valence-electron chi connectivity index (χ3n) is 3.36. The number of carbonyl (C=O) groups is 1. The van der Waals surface area contributed by atoms with Crippen molar-refractivity contribution >= 4 is 22.8 Å². The van der Waals surface area contributed by atoms with Gasteiger partial charge >= 0.3 is 0 Å². The molecular weight excluding hydrogens is 272 g/mol. The van der Waals surface area contributed by atoms with Crippen LogP contribution in [0.2, 0.25) is 0 Å². The summed E-state index contributed by atoms with van der Waals surface area (Å²) in [5.74, 6) is 0. The monoisotopic (exact) mass is 298 g/mol. The van der Waals surface area contributed by atoms with Gasteiger partial charge in [0.2, 0.25) is 0 Å². The predicted octanol–water partition coefficient (Wildman–Crippen LogP) is 3.50. The number of methoxy groups -OCH3 is 1. The normalized spacial score (nSPS) is 13.3. The summed E-state index contributed by atoms with van der Waals surface area (Å²) in [6, 6.07) is 0.378. The minimum absolute atomic E-state index is 0.118. The van der Waals surface area contributed by atoms with Crippen molar-refractivity contribution in [2.75, 3.05) is 25.2 Å². The standard InChI is InChI=1S/C15H26N2O2S/c1-7-11(2)17(8-9-19-6)14-16-13(15(3,4)5)12(10-18)20-14/h10-11H,7-9H2,1-6H3. The minimum atomic E-state index is -0.118. The van der Waals surface area contributed by atoms with Gasteiger partial charge in [-0.1, -0.05) is 39.0 Å². The van der Waals surface area contributed by atoms with E-state index in [0.29, 0.717) is 12.6 Å². The summed E-state index contributed by atoms with van der Waals surface area (Å²) >= 11 is 1.48. The Hall–Kier alpha value is -0.940. The lowest BCUT2D eigenvalue weighted by atomic mass is 9.91. The van der Waals surface area contributed by atoms with Crippen molar-refractivity contribution in [2.45, 2.75) is 52.5 Å². The number of carbonyl (C=O) groups excluding carboxylic acids is 1. The van der Waals surface area contributed by atoms with Crippen LogP contribution in [0.5, 0.6) is 0 Å². The number of thiazole rings is 1. The van der Waals surface area contributed by atoms with Gasteiger partial charge in [-0.25, -0.2) is 4.98 Å². The van der Waals surface area contributed by atoms with Crippen molar-refractivity contribution in [1.82, 2.24) is 4.98 Å². The number of aldehydes is 1. The van der Waals surface area contributed by atoms with Crippen LogP contribution in [0.25, 0.3) is 0 Å². The summed E-state index contributed by atoms with van der Waals surface area (Å²) in [7, 11) is 1.70. The number of aromatic nitrogens is 1.